The molecule has 5 amide bonds. The van der Waals surface area contributed by atoms with Crippen molar-refractivity contribution in [2.45, 2.75) is 25.3 Å². The molecule has 2 saturated heterocycles. The van der Waals surface area contributed by atoms with Gasteiger partial charge < -0.3 is 38.8 Å². The number of anilines is 2. The fourth-order valence-corrected chi connectivity index (χ4v) is 8.07. The molecule has 2 fully saturated rings. The van der Waals surface area contributed by atoms with Gasteiger partial charge in [-0.3, -0.25) is 39.3 Å². The van der Waals surface area contributed by atoms with E-state index in [1.54, 1.807) is 36.5 Å². The van der Waals surface area contributed by atoms with Crippen LogP contribution >= 0.6 is 0 Å². The number of rotatable bonds is 21. The summed E-state index contributed by atoms with van der Waals surface area (Å²) in [5.74, 6) is -2.10. The van der Waals surface area contributed by atoms with Gasteiger partial charge in [-0.2, -0.15) is 5.10 Å². The third-order valence-electron chi connectivity index (χ3n) is 11.5. The van der Waals surface area contributed by atoms with Crippen molar-refractivity contribution in [2.75, 3.05) is 103 Å². The standard InChI is InChI=1S/C46H50FN9O10/c1-62-36-7-3-5-32(47)40(36)43-49-28-34-42(51-43)41(53-52-34)29-8-10-30(11-9-29)54-16-18-55(19-17-54)38(58)14-20-63-22-24-65-26-27-66-25-23-64-21-15-48-33-6-2-4-31-39(33)46(61)56(45(31)60)35-12-13-37(57)50-44(35)59/h2-11,28,35,48H,12-27H2,1H3,(H,52,53)(H,50,57,59). The number of piperazine rings is 1. The van der Waals surface area contributed by atoms with E-state index in [1.807, 2.05) is 29.2 Å². The number of nitrogens with zero attached hydrogens (tertiary/aromatic N) is 6. The third-order valence-corrected chi connectivity index (χ3v) is 11.5. The number of nitrogens with one attached hydrogen (secondary N) is 3. The van der Waals surface area contributed by atoms with Gasteiger partial charge in [0.05, 0.1) is 89.3 Å². The molecule has 346 valence electrons. The monoisotopic (exact) mass is 907 g/mol. The number of hydrogen-bond donors (Lipinski definition) is 3. The van der Waals surface area contributed by atoms with E-state index in [1.165, 1.54) is 13.2 Å². The molecule has 66 heavy (non-hydrogen) atoms. The average molecular weight is 908 g/mol. The number of aromatic amines is 1. The van der Waals surface area contributed by atoms with Gasteiger partial charge in [0.1, 0.15) is 34.3 Å². The maximum Gasteiger partial charge on any atom is 0.264 e. The molecule has 0 spiro atoms. The van der Waals surface area contributed by atoms with E-state index >= 15 is 0 Å². The van der Waals surface area contributed by atoms with Crippen LogP contribution in [0.5, 0.6) is 5.75 Å². The molecule has 5 heterocycles. The number of fused-ring (bicyclic) bond motifs is 2. The number of carbonyl (C=O) groups is 5. The van der Waals surface area contributed by atoms with E-state index < -0.39 is 35.5 Å². The van der Waals surface area contributed by atoms with E-state index in [2.05, 4.69) is 35.7 Å². The van der Waals surface area contributed by atoms with Gasteiger partial charge in [0.15, 0.2) is 5.82 Å². The maximum atomic E-state index is 14.8. The van der Waals surface area contributed by atoms with E-state index in [-0.39, 0.29) is 47.7 Å². The zero-order valence-electron chi connectivity index (χ0n) is 36.4. The second-order valence-corrected chi connectivity index (χ2v) is 15.6. The molecule has 3 aliphatic heterocycles. The van der Waals surface area contributed by atoms with Crippen molar-refractivity contribution >= 4 is 51.9 Å². The lowest BCUT2D eigenvalue weighted by Crippen LogP contribution is -2.54. The SMILES string of the molecule is COc1cccc(F)c1-c1ncc2[nH]nc(-c3ccc(N4CCN(C(=O)CCOCCOCCOCCOCCNc5cccc6c5C(=O)N(C5CCC(=O)NC5=O)C6=O)CC4)cc3)c2n1. The molecule has 2 aromatic heterocycles. The van der Waals surface area contributed by atoms with Crippen molar-refractivity contribution in [3.63, 3.8) is 0 Å². The first-order chi connectivity index (χ1) is 32.2. The van der Waals surface area contributed by atoms with Gasteiger partial charge in [-0.15, -0.1) is 0 Å². The Morgan fingerprint density at radius 3 is 2.23 bits per heavy atom. The summed E-state index contributed by atoms with van der Waals surface area (Å²) >= 11 is 0. The third kappa shape index (κ3) is 10.3. The Labute approximate surface area is 378 Å². The number of methoxy groups -OCH3 is 1. The molecule has 8 rings (SSSR count). The summed E-state index contributed by atoms with van der Waals surface area (Å²) < 4.78 is 42.5. The predicted octanol–water partition coefficient (Wildman–Crippen LogP) is 3.45. The highest BCUT2D eigenvalue weighted by molar-refractivity contribution is 6.25. The normalized spacial score (nSPS) is 16.3. The summed E-state index contributed by atoms with van der Waals surface area (Å²) in [4.78, 5) is 77.1. The van der Waals surface area contributed by atoms with Gasteiger partial charge in [-0.25, -0.2) is 14.4 Å². The van der Waals surface area contributed by atoms with E-state index in [4.69, 9.17) is 23.7 Å². The molecular weight excluding hydrogens is 858 g/mol. The van der Waals surface area contributed by atoms with Crippen molar-refractivity contribution < 1.29 is 52.0 Å². The second-order valence-electron chi connectivity index (χ2n) is 15.6. The average Bonchev–Trinajstić information content (AvgIpc) is 3.87. The summed E-state index contributed by atoms with van der Waals surface area (Å²) in [6.07, 6.45) is 2.01. The topological polar surface area (TPSA) is 220 Å². The molecule has 0 saturated carbocycles. The van der Waals surface area contributed by atoms with Gasteiger partial charge in [-0.1, -0.05) is 24.3 Å². The van der Waals surface area contributed by atoms with Gasteiger partial charge in [-0.05, 0) is 42.8 Å². The fraction of sp³-hybridized carbons (Fsp3) is 0.391. The highest BCUT2D eigenvalue weighted by atomic mass is 19.1. The van der Waals surface area contributed by atoms with Crippen LogP contribution in [0.1, 0.15) is 40.0 Å². The number of H-pyrrole nitrogens is 1. The van der Waals surface area contributed by atoms with Crippen molar-refractivity contribution in [2.24, 2.45) is 0 Å². The highest BCUT2D eigenvalue weighted by Gasteiger charge is 2.45. The van der Waals surface area contributed by atoms with Crippen molar-refractivity contribution in [3.8, 4) is 28.4 Å². The van der Waals surface area contributed by atoms with Gasteiger partial charge in [0.25, 0.3) is 11.8 Å². The minimum atomic E-state index is -1.03. The summed E-state index contributed by atoms with van der Waals surface area (Å²) in [6.45, 7) is 5.74. The Hall–Kier alpha value is -6.87. The van der Waals surface area contributed by atoms with Crippen LogP contribution < -0.4 is 20.3 Å². The van der Waals surface area contributed by atoms with Crippen LogP contribution in [0.3, 0.4) is 0 Å². The molecule has 0 aliphatic carbocycles. The maximum absolute atomic E-state index is 14.8. The van der Waals surface area contributed by atoms with Crippen molar-refractivity contribution in [1.29, 1.82) is 0 Å². The van der Waals surface area contributed by atoms with Gasteiger partial charge in [0, 0.05) is 56.1 Å². The number of aromatic nitrogens is 4. The largest absolute Gasteiger partial charge is 0.496 e. The molecule has 19 nitrogen and oxygen atoms in total. The number of hydrogen-bond acceptors (Lipinski definition) is 15. The summed E-state index contributed by atoms with van der Waals surface area (Å²) in [7, 11) is 1.47. The first-order valence-corrected chi connectivity index (χ1v) is 21.8. The second kappa shape index (κ2) is 21.4. The number of halogens is 1. The molecule has 3 aliphatic rings. The van der Waals surface area contributed by atoms with Gasteiger partial charge in [0.2, 0.25) is 17.7 Å². The first kappa shape index (κ1) is 45.7. The molecule has 3 aromatic carbocycles. The fourth-order valence-electron chi connectivity index (χ4n) is 8.07. The van der Waals surface area contributed by atoms with Crippen LogP contribution in [0.4, 0.5) is 15.8 Å². The molecule has 3 N–H and O–H groups in total. The minimum Gasteiger partial charge on any atom is -0.496 e. The quantitative estimate of drug-likeness (QED) is 0.0710. The predicted molar refractivity (Wildman–Crippen MR) is 237 cm³/mol. The van der Waals surface area contributed by atoms with Gasteiger partial charge >= 0.3 is 0 Å². The van der Waals surface area contributed by atoms with E-state index in [9.17, 15) is 28.4 Å². The Morgan fingerprint density at radius 1 is 0.818 bits per heavy atom. The van der Waals surface area contributed by atoms with E-state index in [0.29, 0.717) is 114 Å². The molecule has 20 heteroatoms. The molecule has 0 bridgehead atoms. The van der Waals surface area contributed by atoms with Crippen LogP contribution in [0.2, 0.25) is 0 Å². The lowest BCUT2D eigenvalue weighted by molar-refractivity contribution is -0.136. The van der Waals surface area contributed by atoms with E-state index in [0.717, 1.165) is 16.2 Å². The molecular formula is C46H50FN9O10. The van der Waals surface area contributed by atoms with Crippen LogP contribution in [-0.2, 0) is 33.3 Å². The number of carbonyl (C=O) groups excluding carboxylic acids is 5. The molecule has 1 unspecified atom stereocenters. The summed E-state index contributed by atoms with van der Waals surface area (Å²) in [5, 5.41) is 12.8. The molecule has 0 radical (unpaired) electrons. The summed E-state index contributed by atoms with van der Waals surface area (Å²) in [6, 6.07) is 16.4. The minimum absolute atomic E-state index is 0.0469. The van der Waals surface area contributed by atoms with Crippen molar-refractivity contribution in [1.82, 2.24) is 35.3 Å². The number of ether oxygens (including phenoxy) is 5. The lowest BCUT2D eigenvalue weighted by Gasteiger charge is -2.36. The number of piperidine rings is 1. The van der Waals surface area contributed by atoms with Crippen LogP contribution in [0, 0.1) is 5.82 Å². The zero-order valence-corrected chi connectivity index (χ0v) is 36.4. The number of imide groups is 2. The van der Waals surface area contributed by atoms with Crippen LogP contribution in [-0.4, -0.2) is 158 Å². The smallest absolute Gasteiger partial charge is 0.264 e. The Kier molecular flexibility index (Phi) is 14.8. The zero-order chi connectivity index (χ0) is 46.0. The first-order valence-electron chi connectivity index (χ1n) is 21.8. The van der Waals surface area contributed by atoms with Crippen molar-refractivity contribution in [3.05, 3.63) is 83.8 Å². The molecule has 1 atom stereocenters. The highest BCUT2D eigenvalue weighted by Crippen LogP contribution is 2.34. The number of amides is 5. The van der Waals surface area contributed by atoms with Crippen LogP contribution in [0.25, 0.3) is 33.7 Å². The Balaban J connectivity index is 0.654. The van der Waals surface area contributed by atoms with Crippen LogP contribution in [0.15, 0.2) is 66.9 Å². The summed E-state index contributed by atoms with van der Waals surface area (Å²) in [5.41, 5.74) is 4.73. The molecule has 5 aromatic rings. The Bertz CT molecular complexity index is 2570. The number of benzene rings is 3. The Morgan fingerprint density at radius 2 is 1.52 bits per heavy atom. The lowest BCUT2D eigenvalue weighted by atomic mass is 10.0.